The van der Waals surface area contributed by atoms with E-state index in [1.54, 1.807) is 12.4 Å². The second-order valence-corrected chi connectivity index (χ2v) is 6.79. The number of nitrogens with one attached hydrogen (secondary N) is 2. The number of benzene rings is 1. The molecule has 1 fully saturated rings. The molecule has 1 aliphatic heterocycles. The molecule has 2 aromatic heterocycles. The van der Waals surface area contributed by atoms with Gasteiger partial charge in [-0.25, -0.2) is 4.98 Å². The number of hydrogen-bond donors (Lipinski definition) is 3. The summed E-state index contributed by atoms with van der Waals surface area (Å²) >= 11 is 1.52. The Balaban J connectivity index is 0.000000423. The van der Waals surface area contributed by atoms with Crippen LogP contribution in [-0.2, 0) is 4.74 Å². The molecule has 3 aromatic rings. The maximum absolute atomic E-state index is 12.2. The normalized spacial score (nSPS) is 12.9. The molecular weight excluding hydrogens is 421 g/mol. The number of aromatic nitrogens is 3. The second-order valence-electron chi connectivity index (χ2n) is 5.70. The first-order valence-electron chi connectivity index (χ1n) is 8.30. The van der Waals surface area contributed by atoms with Crippen molar-refractivity contribution in [1.82, 2.24) is 20.3 Å². The van der Waals surface area contributed by atoms with E-state index in [1.807, 2.05) is 31.2 Å². The maximum Gasteiger partial charge on any atom is 0.261 e. The van der Waals surface area contributed by atoms with E-state index < -0.39 is 0 Å². The van der Waals surface area contributed by atoms with Crippen molar-refractivity contribution in [3.8, 4) is 0 Å². The van der Waals surface area contributed by atoms with Crippen molar-refractivity contribution in [1.29, 1.82) is 0 Å². The quantitative estimate of drug-likeness (QED) is 0.558. The van der Waals surface area contributed by atoms with Gasteiger partial charge in [-0.15, -0.1) is 24.8 Å². The van der Waals surface area contributed by atoms with Crippen molar-refractivity contribution in [3.05, 3.63) is 52.6 Å². The second kappa shape index (κ2) is 11.9. The zero-order chi connectivity index (χ0) is 18.4. The van der Waals surface area contributed by atoms with Crippen LogP contribution in [0.3, 0.4) is 0 Å². The van der Waals surface area contributed by atoms with E-state index in [0.29, 0.717) is 10.9 Å². The van der Waals surface area contributed by atoms with Crippen LogP contribution in [-0.4, -0.2) is 41.3 Å². The largest absolute Gasteiger partial charge is 0.379 e. The fourth-order valence-electron chi connectivity index (χ4n) is 2.50. The van der Waals surface area contributed by atoms with Crippen LogP contribution in [0.1, 0.15) is 5.56 Å². The van der Waals surface area contributed by atoms with Crippen molar-refractivity contribution in [3.63, 3.8) is 0 Å². The molecule has 0 spiro atoms. The Bertz CT molecular complexity index is 925. The van der Waals surface area contributed by atoms with E-state index in [2.05, 4.69) is 20.3 Å². The van der Waals surface area contributed by atoms with Gasteiger partial charge >= 0.3 is 0 Å². The summed E-state index contributed by atoms with van der Waals surface area (Å²) < 4.78 is 5.01. The van der Waals surface area contributed by atoms with E-state index in [9.17, 15) is 4.79 Å². The van der Waals surface area contributed by atoms with E-state index >= 15 is 0 Å². The standard InChI is InChI=1S/C14H12N4OS.C4H9NO.2ClH/c1-8-2-3-10-11(13(19)18-14(15)17-10)12(8)20-9-4-6-16-7-5-9;1-3-6-4-2-5-1;;/h2-7H,1H3,(H3,15,17,18,19);5H,1-4H2;2*1H. The minimum Gasteiger partial charge on any atom is -0.379 e. The smallest absolute Gasteiger partial charge is 0.261 e. The SMILES string of the molecule is C1COCCN1.Cc1ccc2nc(N)[nH]c(=O)c2c1Sc1ccncc1.Cl.Cl. The summed E-state index contributed by atoms with van der Waals surface area (Å²) in [5.41, 5.74) is 7.00. The minimum atomic E-state index is -0.215. The molecule has 1 saturated heterocycles. The molecule has 0 unspecified atom stereocenters. The first-order valence-corrected chi connectivity index (χ1v) is 9.12. The topological polar surface area (TPSA) is 106 Å². The molecule has 4 N–H and O–H groups in total. The summed E-state index contributed by atoms with van der Waals surface area (Å²) in [5.74, 6) is 0.131. The van der Waals surface area contributed by atoms with E-state index in [1.165, 1.54) is 11.8 Å². The Labute approximate surface area is 179 Å². The number of morpholine rings is 1. The van der Waals surface area contributed by atoms with Crippen LogP contribution >= 0.6 is 36.6 Å². The number of H-pyrrole nitrogens is 1. The van der Waals surface area contributed by atoms with Crippen molar-refractivity contribution in [2.24, 2.45) is 0 Å². The molecule has 0 radical (unpaired) electrons. The number of nitrogens with two attached hydrogens (primary N) is 1. The molecule has 152 valence electrons. The van der Waals surface area contributed by atoms with Crippen LogP contribution in [0.5, 0.6) is 0 Å². The Hall–Kier alpha value is -1.84. The molecule has 3 heterocycles. The lowest BCUT2D eigenvalue weighted by molar-refractivity contribution is 0.109. The van der Waals surface area contributed by atoms with Crippen LogP contribution in [0.25, 0.3) is 10.9 Å². The molecule has 7 nitrogen and oxygen atoms in total. The number of rotatable bonds is 2. The van der Waals surface area contributed by atoms with Crippen LogP contribution in [0.15, 0.2) is 51.2 Å². The fraction of sp³-hybridized carbons (Fsp3) is 0.278. The third kappa shape index (κ3) is 6.35. The first-order chi connectivity index (χ1) is 12.6. The third-order valence-electron chi connectivity index (χ3n) is 3.76. The van der Waals surface area contributed by atoms with Crippen LogP contribution < -0.4 is 16.6 Å². The average Bonchev–Trinajstić information content (AvgIpc) is 2.66. The fourth-order valence-corrected chi connectivity index (χ4v) is 3.52. The van der Waals surface area contributed by atoms with Gasteiger partial charge in [0.2, 0.25) is 5.95 Å². The number of nitrogen functional groups attached to an aromatic ring is 1. The third-order valence-corrected chi connectivity index (χ3v) is 5.00. The summed E-state index contributed by atoms with van der Waals surface area (Å²) in [4.78, 5) is 24.8. The lowest BCUT2D eigenvalue weighted by Gasteiger charge is -2.10. The number of pyridine rings is 1. The van der Waals surface area contributed by atoms with Crippen LogP contribution in [0, 0.1) is 6.92 Å². The highest BCUT2D eigenvalue weighted by molar-refractivity contribution is 7.99. The molecule has 0 saturated carbocycles. The average molecular weight is 444 g/mol. The van der Waals surface area contributed by atoms with Gasteiger partial charge in [0.15, 0.2) is 0 Å². The minimum absolute atomic E-state index is 0. The lowest BCUT2D eigenvalue weighted by Crippen LogP contribution is -2.30. The number of aryl methyl sites for hydroxylation is 1. The van der Waals surface area contributed by atoms with E-state index in [-0.39, 0.29) is 36.3 Å². The highest BCUT2D eigenvalue weighted by Gasteiger charge is 2.12. The Kier molecular flexibility index (Phi) is 10.3. The number of ether oxygens (including phenoxy) is 1. The van der Waals surface area contributed by atoms with Crippen molar-refractivity contribution < 1.29 is 4.74 Å². The van der Waals surface area contributed by atoms with E-state index in [4.69, 9.17) is 10.5 Å². The molecule has 0 atom stereocenters. The van der Waals surface area contributed by atoms with Gasteiger partial charge < -0.3 is 15.8 Å². The van der Waals surface area contributed by atoms with Gasteiger partial charge in [0, 0.05) is 35.3 Å². The van der Waals surface area contributed by atoms with Crippen LogP contribution in [0.2, 0.25) is 0 Å². The summed E-state index contributed by atoms with van der Waals surface area (Å²) in [5, 5.41) is 3.73. The number of nitrogens with zero attached hydrogens (tertiary/aromatic N) is 2. The van der Waals surface area contributed by atoms with Gasteiger partial charge in [-0.1, -0.05) is 17.8 Å². The summed E-state index contributed by atoms with van der Waals surface area (Å²) in [7, 11) is 0. The number of hydrogen-bond acceptors (Lipinski definition) is 7. The molecule has 0 aliphatic carbocycles. The van der Waals surface area contributed by atoms with Gasteiger partial charge in [0.05, 0.1) is 24.1 Å². The highest BCUT2D eigenvalue weighted by atomic mass is 35.5. The molecule has 4 rings (SSSR count). The predicted molar refractivity (Wildman–Crippen MR) is 118 cm³/mol. The Morgan fingerprint density at radius 1 is 1.11 bits per heavy atom. The van der Waals surface area contributed by atoms with Crippen molar-refractivity contribution >= 4 is 53.4 Å². The monoisotopic (exact) mass is 443 g/mol. The summed E-state index contributed by atoms with van der Waals surface area (Å²) in [6, 6.07) is 7.56. The Morgan fingerprint density at radius 2 is 1.79 bits per heavy atom. The van der Waals surface area contributed by atoms with Gasteiger partial charge in [-0.3, -0.25) is 14.8 Å². The lowest BCUT2D eigenvalue weighted by atomic mass is 10.1. The molecule has 1 aromatic carbocycles. The first kappa shape index (κ1) is 24.2. The van der Waals surface area contributed by atoms with E-state index in [0.717, 1.165) is 41.7 Å². The van der Waals surface area contributed by atoms with Crippen LogP contribution in [0.4, 0.5) is 5.95 Å². The molecule has 10 heteroatoms. The molecular formula is C18H23Cl2N5O2S. The van der Waals surface area contributed by atoms with Gasteiger partial charge in [0.1, 0.15) is 0 Å². The predicted octanol–water partition coefficient (Wildman–Crippen LogP) is 2.81. The number of fused-ring (bicyclic) bond motifs is 1. The maximum atomic E-state index is 12.2. The summed E-state index contributed by atoms with van der Waals surface area (Å²) in [6.45, 7) is 5.80. The molecule has 0 bridgehead atoms. The zero-order valence-electron chi connectivity index (χ0n) is 15.3. The molecule has 28 heavy (non-hydrogen) atoms. The number of halogens is 2. The van der Waals surface area contributed by atoms with Gasteiger partial charge in [0.25, 0.3) is 5.56 Å². The number of anilines is 1. The Morgan fingerprint density at radius 3 is 2.36 bits per heavy atom. The molecule has 1 aliphatic rings. The van der Waals surface area contributed by atoms with Gasteiger partial charge in [-0.05, 0) is 30.7 Å². The van der Waals surface area contributed by atoms with Gasteiger partial charge in [-0.2, -0.15) is 0 Å². The zero-order valence-corrected chi connectivity index (χ0v) is 17.8. The van der Waals surface area contributed by atoms with Crippen molar-refractivity contribution in [2.45, 2.75) is 16.7 Å². The number of aromatic amines is 1. The highest BCUT2D eigenvalue weighted by Crippen LogP contribution is 2.33. The molecule has 0 amide bonds. The summed E-state index contributed by atoms with van der Waals surface area (Å²) in [6.07, 6.45) is 3.45. The van der Waals surface area contributed by atoms with Crippen molar-refractivity contribution in [2.75, 3.05) is 32.0 Å².